The summed E-state index contributed by atoms with van der Waals surface area (Å²) < 4.78 is 2.31. The van der Waals surface area contributed by atoms with Crippen LogP contribution in [0.1, 0.15) is 33.6 Å². The summed E-state index contributed by atoms with van der Waals surface area (Å²) >= 11 is 0. The van der Waals surface area contributed by atoms with Crippen molar-refractivity contribution in [2.75, 3.05) is 0 Å². The molecule has 3 heteroatoms. The molecule has 122 valence electrons. The first-order valence-electron chi connectivity index (χ1n) is 8.56. The summed E-state index contributed by atoms with van der Waals surface area (Å²) in [5.41, 5.74) is 5.96. The Morgan fingerprint density at radius 3 is 2.83 bits per heavy atom. The maximum absolute atomic E-state index is 12.5. The van der Waals surface area contributed by atoms with E-state index >= 15 is 0 Å². The Morgan fingerprint density at radius 2 is 2.00 bits per heavy atom. The molecule has 1 N–H and O–H groups in total. The zero-order chi connectivity index (χ0) is 16.7. The molecule has 1 atom stereocenters. The predicted molar refractivity (Wildman–Crippen MR) is 97.4 cm³/mol. The fourth-order valence-electron chi connectivity index (χ4n) is 3.91. The first-order chi connectivity index (χ1) is 11.6. The molecule has 3 aromatic rings. The second kappa shape index (κ2) is 5.82. The van der Waals surface area contributed by atoms with Gasteiger partial charge in [-0.05, 0) is 49.9 Å². The highest BCUT2D eigenvalue weighted by molar-refractivity contribution is 5.94. The van der Waals surface area contributed by atoms with Crippen LogP contribution in [-0.2, 0) is 19.9 Å². The van der Waals surface area contributed by atoms with E-state index in [0.29, 0.717) is 0 Å². The van der Waals surface area contributed by atoms with Crippen molar-refractivity contribution in [1.29, 1.82) is 0 Å². The van der Waals surface area contributed by atoms with Crippen molar-refractivity contribution >= 4 is 16.8 Å². The number of para-hydroxylation sites is 1. The molecule has 0 fully saturated rings. The highest BCUT2D eigenvalue weighted by atomic mass is 16.1. The van der Waals surface area contributed by atoms with E-state index in [-0.39, 0.29) is 11.9 Å². The number of aromatic nitrogens is 1. The van der Waals surface area contributed by atoms with E-state index in [4.69, 9.17) is 0 Å². The lowest BCUT2D eigenvalue weighted by molar-refractivity contribution is 0.0933. The number of hydrogen-bond donors (Lipinski definition) is 1. The largest absolute Gasteiger partial charge is 0.349 e. The lowest BCUT2D eigenvalue weighted by Gasteiger charge is -2.24. The molecule has 1 aliphatic rings. The zero-order valence-electron chi connectivity index (χ0n) is 14.2. The van der Waals surface area contributed by atoms with Crippen LogP contribution in [0.4, 0.5) is 0 Å². The minimum Gasteiger partial charge on any atom is -0.349 e. The molecule has 4 rings (SSSR count). The van der Waals surface area contributed by atoms with E-state index in [1.54, 1.807) is 0 Å². The number of benzene rings is 2. The number of rotatable bonds is 2. The smallest absolute Gasteiger partial charge is 0.251 e. The van der Waals surface area contributed by atoms with E-state index in [2.05, 4.69) is 41.2 Å². The van der Waals surface area contributed by atoms with Crippen LogP contribution in [0.2, 0.25) is 0 Å². The van der Waals surface area contributed by atoms with Gasteiger partial charge in [0.25, 0.3) is 5.91 Å². The van der Waals surface area contributed by atoms with Crippen molar-refractivity contribution in [1.82, 2.24) is 9.88 Å². The van der Waals surface area contributed by atoms with Crippen LogP contribution in [0.25, 0.3) is 10.9 Å². The van der Waals surface area contributed by atoms with E-state index < -0.39 is 0 Å². The highest BCUT2D eigenvalue weighted by Gasteiger charge is 2.25. The number of nitrogens with one attached hydrogen (secondary N) is 1. The lowest BCUT2D eigenvalue weighted by Crippen LogP contribution is -2.39. The van der Waals surface area contributed by atoms with Crippen molar-refractivity contribution < 1.29 is 4.79 Å². The molecule has 1 aromatic heterocycles. The fourth-order valence-corrected chi connectivity index (χ4v) is 3.91. The van der Waals surface area contributed by atoms with E-state index in [1.165, 1.54) is 22.2 Å². The monoisotopic (exact) mass is 318 g/mol. The van der Waals surface area contributed by atoms with Gasteiger partial charge in [-0.15, -0.1) is 0 Å². The molecule has 1 unspecified atom stereocenters. The van der Waals surface area contributed by atoms with Gasteiger partial charge in [0.15, 0.2) is 0 Å². The number of amides is 1. The Bertz CT molecular complexity index is 923. The summed E-state index contributed by atoms with van der Waals surface area (Å²) in [6, 6.07) is 16.5. The Hall–Kier alpha value is -2.55. The van der Waals surface area contributed by atoms with Gasteiger partial charge in [-0.1, -0.05) is 35.9 Å². The number of carbonyl (C=O) groups is 1. The summed E-state index contributed by atoms with van der Waals surface area (Å²) in [5, 5.41) is 4.55. The standard InChI is InChI=1S/C21H22N2O/c1-14-6-5-7-15(12-14)21(24)22-16-10-11-20-18(13-16)17-8-3-4-9-19(17)23(20)2/h3-9,12,16H,10-11,13H2,1-2H3,(H,22,24). The minimum absolute atomic E-state index is 0.0346. The molecule has 3 nitrogen and oxygen atoms in total. The number of nitrogens with zero attached hydrogens (tertiary/aromatic N) is 1. The Balaban J connectivity index is 1.58. The van der Waals surface area contributed by atoms with Gasteiger partial charge in [-0.25, -0.2) is 0 Å². The van der Waals surface area contributed by atoms with Crippen LogP contribution in [0, 0.1) is 6.92 Å². The fraction of sp³-hybridized carbons (Fsp3) is 0.286. The molecular weight excluding hydrogens is 296 g/mol. The van der Waals surface area contributed by atoms with Crippen LogP contribution < -0.4 is 5.32 Å². The number of fused-ring (bicyclic) bond motifs is 3. The number of hydrogen-bond acceptors (Lipinski definition) is 1. The average molecular weight is 318 g/mol. The van der Waals surface area contributed by atoms with Crippen molar-refractivity contribution in [2.24, 2.45) is 7.05 Å². The van der Waals surface area contributed by atoms with E-state index in [9.17, 15) is 4.79 Å². The quantitative estimate of drug-likeness (QED) is 0.767. The lowest BCUT2D eigenvalue weighted by atomic mass is 9.91. The first kappa shape index (κ1) is 15.0. The average Bonchev–Trinajstić information content (AvgIpc) is 2.88. The van der Waals surface area contributed by atoms with Crippen LogP contribution in [-0.4, -0.2) is 16.5 Å². The van der Waals surface area contributed by atoms with Crippen LogP contribution >= 0.6 is 0 Å². The van der Waals surface area contributed by atoms with Gasteiger partial charge in [-0.2, -0.15) is 0 Å². The van der Waals surface area contributed by atoms with Gasteiger partial charge in [0, 0.05) is 35.2 Å². The molecule has 1 heterocycles. The van der Waals surface area contributed by atoms with Gasteiger partial charge in [0.05, 0.1) is 0 Å². The molecule has 2 aromatic carbocycles. The number of carbonyl (C=O) groups excluding carboxylic acids is 1. The van der Waals surface area contributed by atoms with Gasteiger partial charge in [-0.3, -0.25) is 4.79 Å². The SMILES string of the molecule is Cc1cccc(C(=O)NC2CCc3c(c4ccccc4n3C)C2)c1. The topological polar surface area (TPSA) is 34.0 Å². The molecule has 0 radical (unpaired) electrons. The first-order valence-corrected chi connectivity index (χ1v) is 8.56. The molecule has 0 saturated carbocycles. The van der Waals surface area contributed by atoms with Crippen molar-refractivity contribution in [2.45, 2.75) is 32.2 Å². The third kappa shape index (κ3) is 2.50. The summed E-state index contributed by atoms with van der Waals surface area (Å²) in [6.07, 6.45) is 2.92. The van der Waals surface area contributed by atoms with Crippen molar-refractivity contribution in [3.63, 3.8) is 0 Å². The summed E-state index contributed by atoms with van der Waals surface area (Å²) in [6.45, 7) is 2.01. The molecule has 0 bridgehead atoms. The van der Waals surface area contributed by atoms with Crippen LogP contribution in [0.15, 0.2) is 48.5 Å². The van der Waals surface area contributed by atoms with Gasteiger partial charge >= 0.3 is 0 Å². The van der Waals surface area contributed by atoms with Gasteiger partial charge in [0.2, 0.25) is 0 Å². The molecule has 0 spiro atoms. The van der Waals surface area contributed by atoms with Crippen LogP contribution in [0.5, 0.6) is 0 Å². The summed E-state index contributed by atoms with van der Waals surface area (Å²) in [4.78, 5) is 12.5. The highest BCUT2D eigenvalue weighted by Crippen LogP contribution is 2.31. The number of aryl methyl sites for hydroxylation is 2. The van der Waals surface area contributed by atoms with Gasteiger partial charge < -0.3 is 9.88 Å². The minimum atomic E-state index is 0.0346. The maximum atomic E-state index is 12.5. The second-order valence-corrected chi connectivity index (χ2v) is 6.78. The second-order valence-electron chi connectivity index (χ2n) is 6.78. The molecule has 24 heavy (non-hydrogen) atoms. The molecule has 0 saturated heterocycles. The maximum Gasteiger partial charge on any atom is 0.251 e. The molecular formula is C21H22N2O. The Kier molecular flexibility index (Phi) is 3.64. The summed E-state index contributed by atoms with van der Waals surface area (Å²) in [5.74, 6) is 0.0346. The Labute approximate surface area is 142 Å². The summed E-state index contributed by atoms with van der Waals surface area (Å²) in [7, 11) is 2.15. The third-order valence-corrected chi connectivity index (χ3v) is 5.14. The van der Waals surface area contributed by atoms with E-state index in [0.717, 1.165) is 30.4 Å². The van der Waals surface area contributed by atoms with Crippen LogP contribution in [0.3, 0.4) is 0 Å². The van der Waals surface area contributed by atoms with E-state index in [1.807, 2.05) is 31.2 Å². The van der Waals surface area contributed by atoms with Gasteiger partial charge in [0.1, 0.15) is 0 Å². The van der Waals surface area contributed by atoms with Crippen molar-refractivity contribution in [3.05, 3.63) is 70.9 Å². The molecule has 0 aliphatic heterocycles. The molecule has 1 aliphatic carbocycles. The van der Waals surface area contributed by atoms with Crippen molar-refractivity contribution in [3.8, 4) is 0 Å². The Morgan fingerprint density at radius 1 is 1.17 bits per heavy atom. The zero-order valence-corrected chi connectivity index (χ0v) is 14.2. The molecule has 1 amide bonds. The normalized spacial score (nSPS) is 16.8. The predicted octanol–water partition coefficient (Wildman–Crippen LogP) is 3.77. The third-order valence-electron chi connectivity index (χ3n) is 5.14.